The van der Waals surface area contributed by atoms with Crippen molar-refractivity contribution < 1.29 is 24.1 Å². The van der Waals surface area contributed by atoms with Gasteiger partial charge in [0.05, 0.1) is 21.4 Å². The maximum Gasteiger partial charge on any atom is 0.342 e. The van der Waals surface area contributed by atoms with Crippen molar-refractivity contribution in [3.8, 4) is 28.6 Å². The van der Waals surface area contributed by atoms with Crippen LogP contribution in [-0.2, 0) is 11.4 Å². The number of nitrogens with zero attached hydrogens (tertiary/aromatic N) is 2. The summed E-state index contributed by atoms with van der Waals surface area (Å²) < 4.78 is 18.3. The molecule has 4 aromatic rings. The summed E-state index contributed by atoms with van der Waals surface area (Å²) in [5, 5.41) is 18.2. The van der Waals surface area contributed by atoms with Crippen molar-refractivity contribution in [2.45, 2.75) is 11.8 Å². The maximum atomic E-state index is 12.1. The van der Waals surface area contributed by atoms with E-state index in [2.05, 4.69) is 60.4 Å². The van der Waals surface area contributed by atoms with Crippen LogP contribution in [0.15, 0.2) is 58.6 Å². The highest BCUT2D eigenvalue weighted by molar-refractivity contribution is 14.1. The van der Waals surface area contributed by atoms with Crippen LogP contribution in [0.4, 0.5) is 0 Å². The Morgan fingerprint density at radius 3 is 2.31 bits per heavy atom. The second-order valence-corrected chi connectivity index (χ2v) is 12.0. The molecule has 0 bridgehead atoms. The Balaban J connectivity index is 1.54. The lowest BCUT2D eigenvalue weighted by Crippen LogP contribution is -2.01. The summed E-state index contributed by atoms with van der Waals surface area (Å²) in [7, 11) is 3.11. The van der Waals surface area contributed by atoms with E-state index in [1.54, 1.807) is 50.6 Å². The zero-order chi connectivity index (χ0) is 28.1. The standard InChI is InChI=1S/C26H19Cl2I2N3O5S/c1-36-17-8-15(9-18(11-17)37-2)24-31-26(33-32-24)39-22(25(34)35)7-13-5-20(29)23(21(30)6-13)38-12-14-3-4-16(27)10-19(14)28/h3-11H,12H2,1-2H3,(H,34,35)(H,31,32,33)/b22-7-. The van der Waals surface area contributed by atoms with Crippen LogP contribution < -0.4 is 14.2 Å². The van der Waals surface area contributed by atoms with Crippen molar-refractivity contribution in [1.29, 1.82) is 0 Å². The Bertz CT molecular complexity index is 1520. The average Bonchev–Trinajstić information content (AvgIpc) is 3.37. The zero-order valence-electron chi connectivity index (χ0n) is 20.3. The lowest BCUT2D eigenvalue weighted by Gasteiger charge is -2.13. The van der Waals surface area contributed by atoms with Crippen LogP contribution in [-0.4, -0.2) is 40.5 Å². The second kappa shape index (κ2) is 13.4. The molecule has 0 spiro atoms. The van der Waals surface area contributed by atoms with Crippen LogP contribution in [0.25, 0.3) is 17.5 Å². The van der Waals surface area contributed by atoms with Gasteiger partial charge in [-0.25, -0.2) is 9.78 Å². The summed E-state index contributed by atoms with van der Waals surface area (Å²) >= 11 is 17.5. The van der Waals surface area contributed by atoms with E-state index in [9.17, 15) is 9.90 Å². The van der Waals surface area contributed by atoms with Crippen LogP contribution in [0.3, 0.4) is 0 Å². The SMILES string of the molecule is COc1cc(OC)cc(-c2nc(S/C(=C\c3cc(I)c(OCc4ccc(Cl)cc4Cl)c(I)c3)C(=O)O)n[nH]2)c1. The summed E-state index contributed by atoms with van der Waals surface area (Å²) in [6.45, 7) is 0.264. The molecule has 8 nitrogen and oxygen atoms in total. The first-order chi connectivity index (χ1) is 18.7. The van der Waals surface area contributed by atoms with E-state index in [0.717, 1.165) is 24.5 Å². The molecule has 1 heterocycles. The molecule has 0 fully saturated rings. The van der Waals surface area contributed by atoms with Crippen molar-refractivity contribution >= 4 is 92.2 Å². The molecule has 0 unspecified atom stereocenters. The average molecular weight is 810 g/mol. The van der Waals surface area contributed by atoms with Crippen molar-refractivity contribution in [2.24, 2.45) is 0 Å². The monoisotopic (exact) mass is 809 g/mol. The molecule has 0 radical (unpaired) electrons. The topological polar surface area (TPSA) is 107 Å². The minimum absolute atomic E-state index is 0.0528. The van der Waals surface area contributed by atoms with Gasteiger partial charge in [-0.15, -0.1) is 5.10 Å². The maximum absolute atomic E-state index is 12.1. The number of carboxylic acids is 1. The van der Waals surface area contributed by atoms with Gasteiger partial charge in [0, 0.05) is 27.2 Å². The summed E-state index contributed by atoms with van der Waals surface area (Å²) in [5.41, 5.74) is 2.18. The summed E-state index contributed by atoms with van der Waals surface area (Å²) in [6.07, 6.45) is 1.57. The first-order valence-electron chi connectivity index (χ1n) is 11.0. The molecule has 0 amide bonds. The highest BCUT2D eigenvalue weighted by atomic mass is 127. The Labute approximate surface area is 265 Å². The van der Waals surface area contributed by atoms with Gasteiger partial charge in [-0.1, -0.05) is 29.3 Å². The number of nitrogens with one attached hydrogen (secondary N) is 1. The fourth-order valence-electron chi connectivity index (χ4n) is 3.34. The summed E-state index contributed by atoms with van der Waals surface area (Å²) in [4.78, 5) is 16.6. The molecule has 0 atom stereocenters. The number of aromatic amines is 1. The molecular formula is C26H19Cl2I2N3O5S. The van der Waals surface area contributed by atoms with Crippen LogP contribution in [0.2, 0.25) is 10.0 Å². The molecule has 3 aromatic carbocycles. The minimum atomic E-state index is -1.10. The predicted octanol–water partition coefficient (Wildman–Crippen LogP) is 7.80. The van der Waals surface area contributed by atoms with E-state index in [-0.39, 0.29) is 16.7 Å². The van der Waals surface area contributed by atoms with Gasteiger partial charge >= 0.3 is 5.97 Å². The van der Waals surface area contributed by atoms with E-state index in [0.29, 0.717) is 44.2 Å². The molecule has 0 aliphatic rings. The number of rotatable bonds is 10. The number of carboxylic acid groups (broad SMARTS) is 1. The number of benzene rings is 3. The van der Waals surface area contributed by atoms with E-state index in [1.807, 2.05) is 18.2 Å². The number of halogens is 4. The Kier molecular flexibility index (Phi) is 10.3. The third-order valence-corrected chi connectivity index (χ3v) is 8.27. The number of hydrogen-bond acceptors (Lipinski definition) is 7. The van der Waals surface area contributed by atoms with Crippen molar-refractivity contribution in [1.82, 2.24) is 15.2 Å². The Morgan fingerprint density at radius 1 is 1.05 bits per heavy atom. The van der Waals surface area contributed by atoms with Gasteiger partial charge in [-0.05, 0) is 105 Å². The third-order valence-electron chi connectivity index (χ3n) is 5.21. The van der Waals surface area contributed by atoms with Crippen LogP contribution >= 0.6 is 80.1 Å². The van der Waals surface area contributed by atoms with Gasteiger partial charge in [0.15, 0.2) is 5.82 Å². The molecule has 13 heteroatoms. The first kappa shape index (κ1) is 29.8. The number of H-pyrrole nitrogens is 1. The lowest BCUT2D eigenvalue weighted by molar-refractivity contribution is -0.131. The number of methoxy groups -OCH3 is 2. The zero-order valence-corrected chi connectivity index (χ0v) is 26.9. The highest BCUT2D eigenvalue weighted by Crippen LogP contribution is 2.34. The highest BCUT2D eigenvalue weighted by Gasteiger charge is 2.17. The number of aromatic nitrogens is 3. The number of carbonyl (C=O) groups is 1. The van der Waals surface area contributed by atoms with Crippen LogP contribution in [0, 0.1) is 7.14 Å². The number of thioether (sulfide) groups is 1. The van der Waals surface area contributed by atoms with Gasteiger partial charge in [0.1, 0.15) is 28.8 Å². The third kappa shape index (κ3) is 7.72. The fraction of sp³-hybridized carbons (Fsp3) is 0.115. The smallest absolute Gasteiger partial charge is 0.342 e. The van der Waals surface area contributed by atoms with Crippen molar-refractivity contribution in [3.63, 3.8) is 0 Å². The number of hydrogen-bond donors (Lipinski definition) is 2. The molecule has 202 valence electrons. The van der Waals surface area contributed by atoms with E-state index in [4.69, 9.17) is 37.4 Å². The largest absolute Gasteiger partial charge is 0.497 e. The summed E-state index contributed by atoms with van der Waals surface area (Å²) in [6, 6.07) is 14.2. The molecule has 0 aliphatic carbocycles. The lowest BCUT2D eigenvalue weighted by atomic mass is 10.2. The predicted molar refractivity (Wildman–Crippen MR) is 169 cm³/mol. The first-order valence-corrected chi connectivity index (χ1v) is 14.7. The molecule has 0 saturated heterocycles. The van der Waals surface area contributed by atoms with Gasteiger partial charge in [-0.2, -0.15) is 0 Å². The van der Waals surface area contributed by atoms with E-state index >= 15 is 0 Å². The number of ether oxygens (including phenoxy) is 3. The van der Waals surface area contributed by atoms with Crippen molar-refractivity contribution in [2.75, 3.05) is 14.2 Å². The van der Waals surface area contributed by atoms with Gasteiger partial charge in [0.2, 0.25) is 5.16 Å². The molecule has 0 saturated carbocycles. The molecular weight excluding hydrogens is 791 g/mol. The molecule has 2 N–H and O–H groups in total. The molecule has 39 heavy (non-hydrogen) atoms. The normalized spacial score (nSPS) is 11.4. The van der Waals surface area contributed by atoms with Gasteiger partial charge < -0.3 is 19.3 Å². The number of aliphatic carboxylic acids is 1. The summed E-state index contributed by atoms with van der Waals surface area (Å²) in [5.74, 6) is 1.21. The molecule has 0 aliphatic heterocycles. The van der Waals surface area contributed by atoms with Crippen molar-refractivity contribution in [3.05, 3.63) is 81.7 Å². The second-order valence-electron chi connectivity index (χ2n) is 7.82. The van der Waals surface area contributed by atoms with E-state index < -0.39 is 5.97 Å². The van der Waals surface area contributed by atoms with Gasteiger partial charge in [-0.3, -0.25) is 5.10 Å². The molecule has 4 rings (SSSR count). The quantitative estimate of drug-likeness (QED) is 0.0951. The van der Waals surface area contributed by atoms with Crippen LogP contribution in [0.1, 0.15) is 11.1 Å². The van der Waals surface area contributed by atoms with Gasteiger partial charge in [0.25, 0.3) is 0 Å². The fourth-order valence-corrected chi connectivity index (χ4v) is 6.64. The van der Waals surface area contributed by atoms with E-state index in [1.165, 1.54) is 0 Å². The minimum Gasteiger partial charge on any atom is -0.497 e. The Morgan fingerprint density at radius 2 is 1.72 bits per heavy atom. The van der Waals surface area contributed by atoms with Crippen LogP contribution in [0.5, 0.6) is 17.2 Å². The molecule has 1 aromatic heterocycles. The Hall–Kier alpha value is -2.20.